The van der Waals surface area contributed by atoms with Crippen LogP contribution < -0.4 is 10.2 Å². The lowest BCUT2D eigenvalue weighted by molar-refractivity contribution is -0.116. The zero-order valence-corrected chi connectivity index (χ0v) is 14.4. The Morgan fingerprint density at radius 1 is 1.17 bits per heavy atom. The van der Waals surface area contributed by atoms with Crippen LogP contribution in [0.1, 0.15) is 32.3 Å². The van der Waals surface area contributed by atoms with E-state index >= 15 is 0 Å². The molecule has 0 aliphatic rings. The summed E-state index contributed by atoms with van der Waals surface area (Å²) in [6.45, 7) is 9.20. The molecule has 1 amide bonds. The minimum absolute atomic E-state index is 0.0795. The minimum Gasteiger partial charge on any atom is -0.372 e. The van der Waals surface area contributed by atoms with Crippen molar-refractivity contribution in [2.75, 3.05) is 23.3 Å². The highest BCUT2D eigenvalue weighted by atomic mass is 16.1. The molecule has 23 heavy (non-hydrogen) atoms. The molecule has 0 radical (unpaired) electrons. The molecule has 1 heterocycles. The van der Waals surface area contributed by atoms with Crippen LogP contribution in [0.4, 0.5) is 11.4 Å². The van der Waals surface area contributed by atoms with Crippen LogP contribution in [0.5, 0.6) is 0 Å². The Morgan fingerprint density at radius 2 is 1.87 bits per heavy atom. The Hall–Kier alpha value is -2.23. The average molecular weight is 313 g/mol. The summed E-state index contributed by atoms with van der Waals surface area (Å²) in [6, 6.07) is 10.2. The molecule has 0 saturated carbocycles. The molecule has 1 aromatic carbocycles. The first-order valence-electron chi connectivity index (χ1n) is 8.40. The topological polar surface area (TPSA) is 37.3 Å². The van der Waals surface area contributed by atoms with Crippen molar-refractivity contribution in [3.8, 4) is 0 Å². The summed E-state index contributed by atoms with van der Waals surface area (Å²) >= 11 is 0. The van der Waals surface area contributed by atoms with Crippen molar-refractivity contribution >= 4 is 17.3 Å². The zero-order valence-electron chi connectivity index (χ0n) is 14.4. The monoisotopic (exact) mass is 313 g/mol. The summed E-state index contributed by atoms with van der Waals surface area (Å²) in [5.41, 5.74) is 3.22. The van der Waals surface area contributed by atoms with Gasteiger partial charge < -0.3 is 14.8 Å². The molecular formula is C19H27N3O. The number of nitrogens with one attached hydrogen (secondary N) is 1. The number of hydrogen-bond acceptors (Lipinski definition) is 2. The summed E-state index contributed by atoms with van der Waals surface area (Å²) < 4.78 is 2.09. The molecule has 4 nitrogen and oxygen atoms in total. The van der Waals surface area contributed by atoms with Crippen LogP contribution in [-0.2, 0) is 11.3 Å². The molecule has 0 saturated heterocycles. The third kappa shape index (κ3) is 4.88. The van der Waals surface area contributed by atoms with Crippen LogP contribution in [-0.4, -0.2) is 23.6 Å². The van der Waals surface area contributed by atoms with Gasteiger partial charge in [0, 0.05) is 49.8 Å². The minimum atomic E-state index is 0.0795. The first-order chi connectivity index (χ1) is 11.1. The van der Waals surface area contributed by atoms with Crippen molar-refractivity contribution in [1.82, 2.24) is 4.57 Å². The molecule has 2 aromatic rings. The second-order valence-electron chi connectivity index (χ2n) is 5.74. The van der Waals surface area contributed by atoms with Gasteiger partial charge in [0.05, 0.1) is 0 Å². The van der Waals surface area contributed by atoms with Gasteiger partial charge in [0.25, 0.3) is 0 Å². The number of carbonyl (C=O) groups is 1. The molecule has 0 aliphatic heterocycles. The van der Waals surface area contributed by atoms with E-state index in [1.807, 2.05) is 37.5 Å². The number of aryl methyl sites for hydroxylation is 2. The second-order valence-corrected chi connectivity index (χ2v) is 5.74. The summed E-state index contributed by atoms with van der Waals surface area (Å²) in [6.07, 6.45) is 5.43. The molecule has 2 rings (SSSR count). The van der Waals surface area contributed by atoms with Gasteiger partial charge in [0.15, 0.2) is 0 Å². The van der Waals surface area contributed by atoms with Crippen LogP contribution in [0.15, 0.2) is 42.7 Å². The molecule has 4 heteroatoms. The van der Waals surface area contributed by atoms with Crippen LogP contribution in [0.3, 0.4) is 0 Å². The largest absolute Gasteiger partial charge is 0.372 e. The van der Waals surface area contributed by atoms with E-state index in [9.17, 15) is 4.79 Å². The van der Waals surface area contributed by atoms with Gasteiger partial charge in [-0.3, -0.25) is 4.79 Å². The summed E-state index contributed by atoms with van der Waals surface area (Å²) in [7, 11) is 0. The Bertz CT molecular complexity index is 616. The highest BCUT2D eigenvalue weighted by molar-refractivity contribution is 5.91. The van der Waals surface area contributed by atoms with Gasteiger partial charge in [0.1, 0.15) is 0 Å². The maximum absolute atomic E-state index is 12.1. The van der Waals surface area contributed by atoms with Gasteiger partial charge in [0.2, 0.25) is 5.91 Å². The Balaban J connectivity index is 1.87. The van der Waals surface area contributed by atoms with Crippen molar-refractivity contribution < 1.29 is 4.79 Å². The number of anilines is 2. The van der Waals surface area contributed by atoms with Crippen molar-refractivity contribution in [2.24, 2.45) is 0 Å². The lowest BCUT2D eigenvalue weighted by Crippen LogP contribution is -2.22. The number of rotatable bonds is 8. The van der Waals surface area contributed by atoms with Crippen molar-refractivity contribution in [2.45, 2.75) is 40.2 Å². The summed E-state index contributed by atoms with van der Waals surface area (Å²) in [5.74, 6) is 0.0795. The fourth-order valence-corrected chi connectivity index (χ4v) is 2.73. The maximum Gasteiger partial charge on any atom is 0.224 e. The van der Waals surface area contributed by atoms with E-state index in [1.165, 1.54) is 5.69 Å². The lowest BCUT2D eigenvalue weighted by Gasteiger charge is -2.22. The highest BCUT2D eigenvalue weighted by Gasteiger charge is 2.08. The molecule has 1 N–H and O–H groups in total. The second kappa shape index (κ2) is 8.42. The van der Waals surface area contributed by atoms with Crippen molar-refractivity contribution in [3.05, 3.63) is 48.3 Å². The van der Waals surface area contributed by atoms with E-state index in [0.29, 0.717) is 6.42 Å². The standard InChI is InChI=1S/C19H27N3O/c1-4-22(5-2)17-10-11-18(16(3)15-17)20-19(23)9-8-14-21-12-6-7-13-21/h6-7,10-13,15H,4-5,8-9,14H2,1-3H3,(H,20,23). The Kier molecular flexibility index (Phi) is 6.27. The third-order valence-electron chi connectivity index (χ3n) is 4.10. The predicted octanol–water partition coefficient (Wildman–Crippen LogP) is 4.06. The van der Waals surface area contributed by atoms with Crippen LogP contribution in [0.25, 0.3) is 0 Å². The molecule has 0 unspecified atom stereocenters. The van der Waals surface area contributed by atoms with E-state index in [4.69, 9.17) is 0 Å². The molecular weight excluding hydrogens is 286 g/mol. The molecule has 1 aromatic heterocycles. The Labute approximate surface area is 139 Å². The molecule has 0 aliphatic carbocycles. The normalized spacial score (nSPS) is 10.6. The number of aromatic nitrogens is 1. The molecule has 0 bridgehead atoms. The SMILES string of the molecule is CCN(CC)c1ccc(NC(=O)CCCn2cccc2)c(C)c1. The molecule has 0 atom stereocenters. The Morgan fingerprint density at radius 3 is 2.48 bits per heavy atom. The quantitative estimate of drug-likeness (QED) is 0.798. The third-order valence-corrected chi connectivity index (χ3v) is 4.10. The van der Waals surface area contributed by atoms with Gasteiger partial charge in [-0.15, -0.1) is 0 Å². The van der Waals surface area contributed by atoms with Crippen LogP contribution in [0, 0.1) is 6.92 Å². The number of hydrogen-bond donors (Lipinski definition) is 1. The van der Waals surface area contributed by atoms with E-state index < -0.39 is 0 Å². The fraction of sp³-hybridized carbons (Fsp3) is 0.421. The van der Waals surface area contributed by atoms with Gasteiger partial charge in [-0.1, -0.05) is 0 Å². The lowest BCUT2D eigenvalue weighted by atomic mass is 10.1. The summed E-state index contributed by atoms with van der Waals surface area (Å²) in [4.78, 5) is 14.4. The van der Waals surface area contributed by atoms with Gasteiger partial charge in [-0.2, -0.15) is 0 Å². The number of carbonyl (C=O) groups excluding carboxylic acids is 1. The molecule has 0 spiro atoms. The van der Waals surface area contributed by atoms with E-state index in [-0.39, 0.29) is 5.91 Å². The van der Waals surface area contributed by atoms with Gasteiger partial charge in [-0.05, 0) is 63.1 Å². The predicted molar refractivity (Wildman–Crippen MR) is 97.0 cm³/mol. The fourth-order valence-electron chi connectivity index (χ4n) is 2.73. The van der Waals surface area contributed by atoms with Gasteiger partial charge in [-0.25, -0.2) is 0 Å². The molecule has 124 valence electrons. The average Bonchev–Trinajstić information content (AvgIpc) is 3.04. The van der Waals surface area contributed by atoms with Crippen molar-refractivity contribution in [1.29, 1.82) is 0 Å². The number of benzene rings is 1. The van der Waals surface area contributed by atoms with E-state index in [1.54, 1.807) is 0 Å². The zero-order chi connectivity index (χ0) is 16.7. The number of amides is 1. The van der Waals surface area contributed by atoms with Gasteiger partial charge >= 0.3 is 0 Å². The first kappa shape index (κ1) is 17.1. The maximum atomic E-state index is 12.1. The highest BCUT2D eigenvalue weighted by Crippen LogP contribution is 2.22. The van der Waals surface area contributed by atoms with Crippen molar-refractivity contribution in [3.63, 3.8) is 0 Å². The summed E-state index contributed by atoms with van der Waals surface area (Å²) in [5, 5.41) is 3.03. The van der Waals surface area contributed by atoms with Crippen LogP contribution in [0.2, 0.25) is 0 Å². The van der Waals surface area contributed by atoms with E-state index in [2.05, 4.69) is 40.8 Å². The smallest absolute Gasteiger partial charge is 0.224 e. The first-order valence-corrected chi connectivity index (χ1v) is 8.40. The van der Waals surface area contributed by atoms with E-state index in [0.717, 1.165) is 37.3 Å². The molecule has 0 fully saturated rings. The number of nitrogens with zero attached hydrogens (tertiary/aromatic N) is 2. The van der Waals surface area contributed by atoms with Crippen LogP contribution >= 0.6 is 0 Å².